The molecule has 1 aliphatic heterocycles. The van der Waals surface area contributed by atoms with Crippen LogP contribution in [0.5, 0.6) is 5.75 Å². The van der Waals surface area contributed by atoms with E-state index in [1.807, 2.05) is 25.9 Å². The van der Waals surface area contributed by atoms with Gasteiger partial charge in [-0.15, -0.1) is 11.3 Å². The Bertz CT molecular complexity index is 1420. The molecule has 5 rings (SSSR count). The Labute approximate surface area is 214 Å². The molecule has 3 aromatic rings. The third-order valence-electron chi connectivity index (χ3n) is 7.16. The quantitative estimate of drug-likeness (QED) is 0.471. The first-order valence-electron chi connectivity index (χ1n) is 12.5. The van der Waals surface area contributed by atoms with Gasteiger partial charge in [0.15, 0.2) is 12.4 Å². The summed E-state index contributed by atoms with van der Waals surface area (Å²) in [6, 6.07) is 4.38. The Balaban J connectivity index is 1.61. The highest BCUT2D eigenvalue weighted by Gasteiger charge is 2.30. The van der Waals surface area contributed by atoms with Gasteiger partial charge in [-0.05, 0) is 76.9 Å². The van der Waals surface area contributed by atoms with Crippen LogP contribution >= 0.6 is 11.3 Å². The predicted molar refractivity (Wildman–Crippen MR) is 141 cm³/mol. The van der Waals surface area contributed by atoms with E-state index >= 15 is 0 Å². The number of hydrogen-bond acceptors (Lipinski definition) is 7. The molecule has 1 amide bonds. The Morgan fingerprint density at radius 2 is 2.08 bits per heavy atom. The molecule has 0 saturated heterocycles. The van der Waals surface area contributed by atoms with Crippen LogP contribution in [0.25, 0.3) is 10.2 Å². The van der Waals surface area contributed by atoms with Crippen LogP contribution in [0.1, 0.15) is 59.9 Å². The molecule has 8 nitrogen and oxygen atoms in total. The molecular formula is C27H32N4O4S. The van der Waals surface area contributed by atoms with Gasteiger partial charge in [0.2, 0.25) is 0 Å². The summed E-state index contributed by atoms with van der Waals surface area (Å²) in [4.78, 5) is 50.6. The maximum atomic E-state index is 14.0. The second-order valence-corrected chi connectivity index (χ2v) is 11.2. The van der Waals surface area contributed by atoms with Gasteiger partial charge in [0.1, 0.15) is 16.4 Å². The van der Waals surface area contributed by atoms with Crippen LogP contribution in [0.3, 0.4) is 0 Å². The average Bonchev–Trinajstić information content (AvgIpc) is 3.20. The lowest BCUT2D eigenvalue weighted by Gasteiger charge is -2.29. The molecule has 9 heteroatoms. The zero-order valence-electron chi connectivity index (χ0n) is 21.5. The van der Waals surface area contributed by atoms with Gasteiger partial charge in [-0.2, -0.15) is 0 Å². The van der Waals surface area contributed by atoms with Gasteiger partial charge in [0.25, 0.3) is 11.5 Å². The average molecular weight is 509 g/mol. The van der Waals surface area contributed by atoms with E-state index in [0.29, 0.717) is 47.2 Å². The number of aryl methyl sites for hydroxylation is 1. The standard InChI is InChI=1S/C27H32N4O4S/c1-6-30-19-12-17(8-10-20(19)35-14-23(30)32)25(33)16(3)31-22(13-29(4)5)28-26-24(27(31)34)18-9-7-15(2)11-21(18)36-26/h8,10,12,15-16H,6-7,9,11,13-14H2,1-5H3. The maximum Gasteiger partial charge on any atom is 0.265 e. The number of thiophene rings is 1. The van der Waals surface area contributed by atoms with Crippen LogP contribution < -0.4 is 15.2 Å². The van der Waals surface area contributed by atoms with Crippen molar-refractivity contribution in [1.82, 2.24) is 14.5 Å². The lowest BCUT2D eigenvalue weighted by molar-refractivity contribution is -0.121. The summed E-state index contributed by atoms with van der Waals surface area (Å²) >= 11 is 1.62. The molecule has 1 aromatic carbocycles. The minimum Gasteiger partial charge on any atom is -0.482 e. The van der Waals surface area contributed by atoms with Gasteiger partial charge >= 0.3 is 0 Å². The number of rotatable bonds is 6. The van der Waals surface area contributed by atoms with Crippen LogP contribution in [0.2, 0.25) is 0 Å². The number of nitrogens with zero attached hydrogens (tertiary/aromatic N) is 4. The summed E-state index contributed by atoms with van der Waals surface area (Å²) in [5.41, 5.74) is 1.99. The zero-order chi connectivity index (χ0) is 25.7. The summed E-state index contributed by atoms with van der Waals surface area (Å²) in [5.74, 6) is 1.41. The number of hydrogen-bond donors (Lipinski definition) is 0. The van der Waals surface area contributed by atoms with E-state index in [1.54, 1.807) is 45.9 Å². The van der Waals surface area contributed by atoms with Crippen LogP contribution in [0.15, 0.2) is 23.0 Å². The van der Waals surface area contributed by atoms with E-state index in [2.05, 4.69) is 6.92 Å². The van der Waals surface area contributed by atoms with Crippen molar-refractivity contribution < 1.29 is 14.3 Å². The van der Waals surface area contributed by atoms with Gasteiger partial charge in [-0.25, -0.2) is 4.98 Å². The van der Waals surface area contributed by atoms with Crippen molar-refractivity contribution in [2.75, 3.05) is 32.1 Å². The monoisotopic (exact) mass is 508 g/mol. The molecular weight excluding hydrogens is 476 g/mol. The van der Waals surface area contributed by atoms with E-state index in [0.717, 1.165) is 29.7 Å². The van der Waals surface area contributed by atoms with Crippen molar-refractivity contribution in [2.45, 2.75) is 52.6 Å². The highest BCUT2D eigenvalue weighted by Crippen LogP contribution is 2.37. The Kier molecular flexibility index (Phi) is 6.46. The Morgan fingerprint density at radius 1 is 1.31 bits per heavy atom. The van der Waals surface area contributed by atoms with E-state index in [9.17, 15) is 14.4 Å². The lowest BCUT2D eigenvalue weighted by Crippen LogP contribution is -2.38. The van der Waals surface area contributed by atoms with Gasteiger partial charge < -0.3 is 14.5 Å². The van der Waals surface area contributed by atoms with Crippen molar-refractivity contribution in [3.8, 4) is 5.75 Å². The molecule has 0 fully saturated rings. The molecule has 0 bridgehead atoms. The van der Waals surface area contributed by atoms with Gasteiger partial charge in [-0.3, -0.25) is 19.0 Å². The number of Topliss-reactive ketones (excluding diaryl/α,β-unsaturated/α-hetero) is 1. The predicted octanol–water partition coefficient (Wildman–Crippen LogP) is 3.83. The first-order chi connectivity index (χ1) is 17.2. The molecule has 2 atom stereocenters. The molecule has 190 valence electrons. The van der Waals surface area contributed by atoms with E-state index in [1.165, 1.54) is 4.88 Å². The highest BCUT2D eigenvalue weighted by molar-refractivity contribution is 7.18. The molecule has 2 aliphatic rings. The number of aromatic nitrogens is 2. The van der Waals surface area contributed by atoms with E-state index < -0.39 is 6.04 Å². The fourth-order valence-corrected chi connectivity index (χ4v) is 6.69. The van der Waals surface area contributed by atoms with Gasteiger partial charge in [0.05, 0.1) is 23.7 Å². The summed E-state index contributed by atoms with van der Waals surface area (Å²) in [5, 5.41) is 0.672. The van der Waals surface area contributed by atoms with E-state index in [4.69, 9.17) is 9.72 Å². The minimum atomic E-state index is -0.754. The third kappa shape index (κ3) is 4.14. The summed E-state index contributed by atoms with van der Waals surface area (Å²) in [7, 11) is 3.85. The van der Waals surface area contributed by atoms with Crippen molar-refractivity contribution in [3.63, 3.8) is 0 Å². The lowest BCUT2D eigenvalue weighted by atomic mass is 9.89. The van der Waals surface area contributed by atoms with Crippen molar-refractivity contribution >= 4 is 38.9 Å². The number of fused-ring (bicyclic) bond motifs is 4. The van der Waals surface area contributed by atoms with E-state index in [-0.39, 0.29) is 23.9 Å². The zero-order valence-corrected chi connectivity index (χ0v) is 22.3. The minimum absolute atomic E-state index is 0.0107. The molecule has 0 N–H and O–H groups in total. The number of ether oxygens (including phenoxy) is 1. The fraction of sp³-hybridized carbons (Fsp3) is 0.481. The SMILES string of the molecule is CCN1C(=O)COc2ccc(C(=O)C(C)n3c(CN(C)C)nc4sc5c(c4c3=O)CCC(C)C5)cc21. The molecule has 3 heterocycles. The van der Waals surface area contributed by atoms with Gasteiger partial charge in [-0.1, -0.05) is 6.92 Å². The first kappa shape index (κ1) is 24.6. The summed E-state index contributed by atoms with van der Waals surface area (Å²) in [6.07, 6.45) is 2.89. The van der Waals surface area contributed by atoms with Crippen molar-refractivity contribution in [2.24, 2.45) is 5.92 Å². The number of carbonyl (C=O) groups excluding carboxylic acids is 2. The second kappa shape index (κ2) is 9.44. The number of benzene rings is 1. The molecule has 2 aromatic heterocycles. The molecule has 0 radical (unpaired) electrons. The molecule has 0 saturated carbocycles. The Morgan fingerprint density at radius 3 is 2.81 bits per heavy atom. The number of ketones is 1. The number of carbonyl (C=O) groups is 2. The smallest absolute Gasteiger partial charge is 0.265 e. The Hall–Kier alpha value is -3.04. The molecule has 2 unspecified atom stereocenters. The highest BCUT2D eigenvalue weighted by atomic mass is 32.1. The first-order valence-corrected chi connectivity index (χ1v) is 13.3. The van der Waals surface area contributed by atoms with Crippen LogP contribution in [0, 0.1) is 5.92 Å². The normalized spacial score (nSPS) is 18.2. The number of likely N-dealkylation sites (N-methyl/N-ethyl adjacent to an activating group) is 1. The van der Waals surface area contributed by atoms with Crippen LogP contribution in [0.4, 0.5) is 5.69 Å². The molecule has 0 spiro atoms. The van der Waals surface area contributed by atoms with Crippen molar-refractivity contribution in [1.29, 1.82) is 0 Å². The topological polar surface area (TPSA) is 84.7 Å². The third-order valence-corrected chi connectivity index (χ3v) is 8.31. The fourth-order valence-electron chi connectivity index (χ4n) is 5.30. The molecule has 36 heavy (non-hydrogen) atoms. The second-order valence-electron chi connectivity index (χ2n) is 10.1. The van der Waals surface area contributed by atoms with Crippen molar-refractivity contribution in [3.05, 3.63) is 50.4 Å². The number of anilines is 1. The van der Waals surface area contributed by atoms with Crippen LogP contribution in [-0.2, 0) is 24.2 Å². The van der Waals surface area contributed by atoms with Gasteiger partial charge in [0, 0.05) is 17.0 Å². The number of amides is 1. The summed E-state index contributed by atoms with van der Waals surface area (Å²) in [6.45, 7) is 6.81. The largest absolute Gasteiger partial charge is 0.482 e. The summed E-state index contributed by atoms with van der Waals surface area (Å²) < 4.78 is 7.13. The van der Waals surface area contributed by atoms with Crippen LogP contribution in [-0.4, -0.2) is 53.4 Å². The maximum absolute atomic E-state index is 14.0. The molecule has 1 aliphatic carbocycles.